The van der Waals surface area contributed by atoms with Gasteiger partial charge in [-0.1, -0.05) is 0 Å². The standard InChI is InChI=1S/C12H8O6/c1-15-11-9-6(2-7(4-13)12(14)18-9)3-8-10(11)17-5-16-8/h2-4H,5H2,1H3. The Kier molecular flexibility index (Phi) is 2.22. The van der Waals surface area contributed by atoms with Crippen molar-refractivity contribution in [2.45, 2.75) is 0 Å². The van der Waals surface area contributed by atoms with Gasteiger partial charge >= 0.3 is 5.63 Å². The van der Waals surface area contributed by atoms with E-state index in [2.05, 4.69) is 0 Å². The van der Waals surface area contributed by atoms with Gasteiger partial charge in [-0.05, 0) is 12.1 Å². The predicted molar refractivity (Wildman–Crippen MR) is 60.5 cm³/mol. The molecule has 92 valence electrons. The summed E-state index contributed by atoms with van der Waals surface area (Å²) in [7, 11) is 1.43. The fourth-order valence-corrected chi connectivity index (χ4v) is 1.87. The van der Waals surface area contributed by atoms with Gasteiger partial charge in [-0.25, -0.2) is 4.79 Å². The van der Waals surface area contributed by atoms with E-state index >= 15 is 0 Å². The van der Waals surface area contributed by atoms with Crippen LogP contribution in [0.15, 0.2) is 21.3 Å². The van der Waals surface area contributed by atoms with Gasteiger partial charge in [0, 0.05) is 5.39 Å². The van der Waals surface area contributed by atoms with E-state index in [0.29, 0.717) is 23.2 Å². The van der Waals surface area contributed by atoms with Crippen molar-refractivity contribution in [3.8, 4) is 17.2 Å². The molecule has 1 aromatic carbocycles. The van der Waals surface area contributed by atoms with Crippen LogP contribution in [0.2, 0.25) is 0 Å². The van der Waals surface area contributed by atoms with Gasteiger partial charge in [0.1, 0.15) is 5.56 Å². The van der Waals surface area contributed by atoms with Crippen LogP contribution in [-0.4, -0.2) is 20.2 Å². The van der Waals surface area contributed by atoms with E-state index in [1.54, 1.807) is 6.07 Å². The second-order valence-electron chi connectivity index (χ2n) is 3.67. The van der Waals surface area contributed by atoms with Crippen LogP contribution < -0.4 is 19.8 Å². The molecule has 6 nitrogen and oxygen atoms in total. The number of benzene rings is 1. The van der Waals surface area contributed by atoms with Crippen molar-refractivity contribution in [3.63, 3.8) is 0 Å². The van der Waals surface area contributed by atoms with Gasteiger partial charge < -0.3 is 18.6 Å². The summed E-state index contributed by atoms with van der Waals surface area (Å²) in [6, 6.07) is 3.06. The maximum Gasteiger partial charge on any atom is 0.347 e. The molecule has 0 fully saturated rings. The predicted octanol–water partition coefficient (Wildman–Crippen LogP) is 1.34. The van der Waals surface area contributed by atoms with E-state index in [9.17, 15) is 9.59 Å². The van der Waals surface area contributed by atoms with Crippen LogP contribution >= 0.6 is 0 Å². The second kappa shape index (κ2) is 3.76. The molecule has 0 unspecified atom stereocenters. The minimum atomic E-state index is -0.713. The topological polar surface area (TPSA) is 75.0 Å². The zero-order chi connectivity index (χ0) is 12.7. The third kappa shape index (κ3) is 1.35. The van der Waals surface area contributed by atoms with Crippen LogP contribution in [0.5, 0.6) is 17.2 Å². The molecule has 0 atom stereocenters. The number of hydrogen-bond acceptors (Lipinski definition) is 6. The third-order valence-electron chi connectivity index (χ3n) is 2.68. The molecule has 0 saturated carbocycles. The molecular weight excluding hydrogens is 240 g/mol. The number of methoxy groups -OCH3 is 1. The fraction of sp³-hybridized carbons (Fsp3) is 0.167. The van der Waals surface area contributed by atoms with E-state index in [1.165, 1.54) is 13.2 Å². The Labute approximate surface area is 101 Å². The fourth-order valence-electron chi connectivity index (χ4n) is 1.87. The summed E-state index contributed by atoms with van der Waals surface area (Å²) in [6.45, 7) is 0.0762. The van der Waals surface area contributed by atoms with Crippen LogP contribution in [0.4, 0.5) is 0 Å². The van der Waals surface area contributed by atoms with Crippen LogP contribution in [0, 0.1) is 0 Å². The molecular formula is C12H8O6. The molecule has 2 aromatic rings. The van der Waals surface area contributed by atoms with E-state index in [4.69, 9.17) is 18.6 Å². The highest BCUT2D eigenvalue weighted by molar-refractivity contribution is 5.91. The summed E-state index contributed by atoms with van der Waals surface area (Å²) >= 11 is 0. The normalized spacial score (nSPS) is 12.7. The van der Waals surface area contributed by atoms with Gasteiger partial charge in [0.25, 0.3) is 0 Å². The molecule has 0 saturated heterocycles. The molecule has 0 radical (unpaired) electrons. The summed E-state index contributed by atoms with van der Waals surface area (Å²) in [5.74, 6) is 1.17. The summed E-state index contributed by atoms with van der Waals surface area (Å²) in [5, 5.41) is 0.540. The lowest BCUT2D eigenvalue weighted by Gasteiger charge is -2.07. The number of carbonyl (C=O) groups is 1. The van der Waals surface area contributed by atoms with Gasteiger partial charge in [0.05, 0.1) is 7.11 Å². The average molecular weight is 248 g/mol. The van der Waals surface area contributed by atoms with Crippen molar-refractivity contribution in [3.05, 3.63) is 28.1 Å². The zero-order valence-electron chi connectivity index (χ0n) is 9.39. The van der Waals surface area contributed by atoms with E-state index < -0.39 is 5.63 Å². The highest BCUT2D eigenvalue weighted by Crippen LogP contribution is 2.45. The summed E-state index contributed by atoms with van der Waals surface area (Å²) in [4.78, 5) is 22.2. The largest absolute Gasteiger partial charge is 0.490 e. The van der Waals surface area contributed by atoms with Crippen molar-refractivity contribution >= 4 is 17.3 Å². The Morgan fingerprint density at radius 1 is 1.33 bits per heavy atom. The Morgan fingerprint density at radius 3 is 2.89 bits per heavy atom. The van der Waals surface area contributed by atoms with Crippen molar-refractivity contribution in [2.24, 2.45) is 0 Å². The summed E-state index contributed by atoms with van der Waals surface area (Å²) < 4.78 is 20.7. The lowest BCUT2D eigenvalue weighted by atomic mass is 10.1. The molecule has 0 aliphatic carbocycles. The molecule has 1 aliphatic heterocycles. The Morgan fingerprint density at radius 2 is 2.17 bits per heavy atom. The van der Waals surface area contributed by atoms with Gasteiger partial charge in [-0.15, -0.1) is 0 Å². The van der Waals surface area contributed by atoms with Gasteiger partial charge in [-0.2, -0.15) is 0 Å². The number of fused-ring (bicyclic) bond motifs is 2. The van der Waals surface area contributed by atoms with Crippen molar-refractivity contribution in [1.29, 1.82) is 0 Å². The number of hydrogen-bond donors (Lipinski definition) is 0. The Balaban J connectivity index is 2.43. The van der Waals surface area contributed by atoms with Crippen LogP contribution in [0.1, 0.15) is 10.4 Å². The van der Waals surface area contributed by atoms with Gasteiger partial charge in [-0.3, -0.25) is 4.79 Å². The molecule has 6 heteroatoms. The molecule has 2 heterocycles. The van der Waals surface area contributed by atoms with Crippen molar-refractivity contribution in [1.82, 2.24) is 0 Å². The maximum absolute atomic E-state index is 11.5. The molecule has 1 aliphatic rings. The molecule has 0 spiro atoms. The monoisotopic (exact) mass is 248 g/mol. The Bertz CT molecular complexity index is 700. The molecule has 1 aromatic heterocycles. The van der Waals surface area contributed by atoms with Crippen LogP contribution in [0.25, 0.3) is 11.0 Å². The van der Waals surface area contributed by atoms with Crippen molar-refractivity contribution < 1.29 is 23.4 Å². The number of aldehydes is 1. The lowest BCUT2D eigenvalue weighted by molar-refractivity contribution is 0.112. The molecule has 18 heavy (non-hydrogen) atoms. The molecule has 3 rings (SSSR count). The average Bonchev–Trinajstić information content (AvgIpc) is 2.83. The minimum absolute atomic E-state index is 0.0524. The first-order valence-electron chi connectivity index (χ1n) is 5.14. The van der Waals surface area contributed by atoms with E-state index in [0.717, 1.165) is 0 Å². The number of carbonyl (C=O) groups excluding carboxylic acids is 1. The highest BCUT2D eigenvalue weighted by atomic mass is 16.7. The summed E-state index contributed by atoms with van der Waals surface area (Å²) in [5.41, 5.74) is -0.532. The van der Waals surface area contributed by atoms with Gasteiger partial charge in [0.2, 0.25) is 18.3 Å². The van der Waals surface area contributed by atoms with Crippen LogP contribution in [-0.2, 0) is 0 Å². The highest BCUT2D eigenvalue weighted by Gasteiger charge is 2.24. The first kappa shape index (κ1) is 10.6. The smallest absolute Gasteiger partial charge is 0.347 e. The molecule has 0 bridgehead atoms. The number of rotatable bonds is 2. The first-order chi connectivity index (χ1) is 8.74. The molecule has 0 amide bonds. The summed E-state index contributed by atoms with van der Waals surface area (Å²) in [6.07, 6.45) is 0.447. The zero-order valence-corrected chi connectivity index (χ0v) is 9.39. The Hall–Kier alpha value is -2.50. The molecule has 0 N–H and O–H groups in total. The lowest BCUT2D eigenvalue weighted by Crippen LogP contribution is -2.06. The van der Waals surface area contributed by atoms with Crippen LogP contribution in [0.3, 0.4) is 0 Å². The number of ether oxygens (including phenoxy) is 3. The maximum atomic E-state index is 11.5. The second-order valence-corrected chi connectivity index (χ2v) is 3.67. The van der Waals surface area contributed by atoms with E-state index in [1.807, 2.05) is 0 Å². The minimum Gasteiger partial charge on any atom is -0.490 e. The van der Waals surface area contributed by atoms with Gasteiger partial charge in [0.15, 0.2) is 17.6 Å². The quantitative estimate of drug-likeness (QED) is 0.589. The SMILES string of the molecule is COc1c2c(cc3cc(C=O)c(=O)oc13)OCO2. The first-order valence-corrected chi connectivity index (χ1v) is 5.14. The van der Waals surface area contributed by atoms with E-state index in [-0.39, 0.29) is 23.7 Å². The third-order valence-corrected chi connectivity index (χ3v) is 2.68. The van der Waals surface area contributed by atoms with Crippen molar-refractivity contribution in [2.75, 3.05) is 13.9 Å².